The Morgan fingerprint density at radius 1 is 1.19 bits per heavy atom. The summed E-state index contributed by atoms with van der Waals surface area (Å²) in [4.78, 5) is 2.13. The van der Waals surface area contributed by atoms with Gasteiger partial charge in [-0.25, -0.2) is 0 Å². The molecule has 0 amide bonds. The van der Waals surface area contributed by atoms with E-state index in [1.807, 2.05) is 20.8 Å². The van der Waals surface area contributed by atoms with E-state index in [0.29, 0.717) is 24.9 Å². The van der Waals surface area contributed by atoms with Crippen molar-refractivity contribution in [3.63, 3.8) is 0 Å². The fourth-order valence-corrected chi connectivity index (χ4v) is 1.75. The van der Waals surface area contributed by atoms with Gasteiger partial charge in [0.25, 0.3) is 0 Å². The van der Waals surface area contributed by atoms with Crippen LogP contribution in [0.4, 0.5) is 0 Å². The van der Waals surface area contributed by atoms with Crippen LogP contribution in [0.5, 0.6) is 0 Å². The molecule has 0 aliphatic carbocycles. The van der Waals surface area contributed by atoms with Crippen LogP contribution in [0.2, 0.25) is 0 Å². The van der Waals surface area contributed by atoms with Crippen molar-refractivity contribution in [1.82, 2.24) is 4.90 Å². The lowest BCUT2D eigenvalue weighted by Gasteiger charge is -2.19. The lowest BCUT2D eigenvalue weighted by Crippen LogP contribution is -2.29. The number of hydrogen-bond acceptors (Lipinski definition) is 2. The van der Waals surface area contributed by atoms with Gasteiger partial charge in [0.2, 0.25) is 0 Å². The zero-order chi connectivity index (χ0) is 12.4. The lowest BCUT2D eigenvalue weighted by molar-refractivity contribution is 0.0361. The molecule has 0 atom stereocenters. The lowest BCUT2D eigenvalue weighted by atomic mass is 10.1. The molecule has 0 heterocycles. The van der Waals surface area contributed by atoms with Gasteiger partial charge in [-0.1, -0.05) is 11.8 Å². The van der Waals surface area contributed by atoms with Crippen LogP contribution >= 0.6 is 23.2 Å². The first kappa shape index (κ1) is 16.1. The number of rotatable bonds is 7. The Bertz CT molecular complexity index is 227. The van der Waals surface area contributed by atoms with Crippen LogP contribution in [0.25, 0.3) is 0 Å². The Balaban J connectivity index is 4.12. The molecular weight excluding hydrogens is 245 g/mol. The summed E-state index contributed by atoms with van der Waals surface area (Å²) in [5.74, 6) is 7.43. The van der Waals surface area contributed by atoms with Crippen LogP contribution in [0, 0.1) is 11.8 Å². The zero-order valence-corrected chi connectivity index (χ0v) is 11.9. The minimum atomic E-state index is -0.373. The summed E-state index contributed by atoms with van der Waals surface area (Å²) in [6.45, 7) is 8.91. The second kappa shape index (κ2) is 9.13. The summed E-state index contributed by atoms with van der Waals surface area (Å²) < 4.78 is 5.49. The smallest absolute Gasteiger partial charge is 0.123 e. The first-order valence-corrected chi connectivity index (χ1v) is 6.61. The predicted molar refractivity (Wildman–Crippen MR) is 71.4 cm³/mol. The largest absolute Gasteiger partial charge is 0.363 e. The SMILES string of the molecule is CCOC(C)(C)C#CCN(CCCl)CCCl. The standard InChI is InChI=1S/C12H21Cl2NO/c1-4-16-12(2,3)6-5-9-15(10-7-13)11-8-14/h4,7-11H2,1-3H3. The second-order valence-electron chi connectivity index (χ2n) is 3.90. The van der Waals surface area contributed by atoms with E-state index in [9.17, 15) is 0 Å². The highest BCUT2D eigenvalue weighted by Gasteiger charge is 2.12. The maximum Gasteiger partial charge on any atom is 0.123 e. The van der Waals surface area contributed by atoms with Crippen molar-refractivity contribution in [2.24, 2.45) is 0 Å². The molecule has 94 valence electrons. The van der Waals surface area contributed by atoms with E-state index in [2.05, 4.69) is 16.7 Å². The van der Waals surface area contributed by atoms with Gasteiger partial charge in [-0.2, -0.15) is 0 Å². The average molecular weight is 266 g/mol. The average Bonchev–Trinajstić information content (AvgIpc) is 2.18. The van der Waals surface area contributed by atoms with E-state index in [1.165, 1.54) is 0 Å². The normalized spacial score (nSPS) is 11.4. The topological polar surface area (TPSA) is 12.5 Å². The van der Waals surface area contributed by atoms with E-state index in [4.69, 9.17) is 27.9 Å². The van der Waals surface area contributed by atoms with E-state index in [1.54, 1.807) is 0 Å². The van der Waals surface area contributed by atoms with Crippen molar-refractivity contribution in [2.45, 2.75) is 26.4 Å². The molecule has 2 nitrogen and oxygen atoms in total. The molecule has 0 N–H and O–H groups in total. The Morgan fingerprint density at radius 3 is 2.19 bits per heavy atom. The zero-order valence-electron chi connectivity index (χ0n) is 10.4. The molecule has 0 rings (SSSR count). The minimum absolute atomic E-state index is 0.373. The fourth-order valence-electron chi connectivity index (χ4n) is 1.27. The molecule has 0 aromatic carbocycles. The van der Waals surface area contributed by atoms with Crippen LogP contribution in [0.15, 0.2) is 0 Å². The molecule has 0 unspecified atom stereocenters. The van der Waals surface area contributed by atoms with Gasteiger partial charge in [-0.15, -0.1) is 23.2 Å². The van der Waals surface area contributed by atoms with Gasteiger partial charge in [-0.05, 0) is 20.8 Å². The molecular formula is C12H21Cl2NO. The number of nitrogens with zero attached hydrogens (tertiary/aromatic N) is 1. The predicted octanol–water partition coefficient (Wildman–Crippen LogP) is 2.58. The minimum Gasteiger partial charge on any atom is -0.363 e. The van der Waals surface area contributed by atoms with Gasteiger partial charge in [0.05, 0.1) is 6.54 Å². The Labute approximate surface area is 109 Å². The Morgan fingerprint density at radius 2 is 1.75 bits per heavy atom. The summed E-state index contributed by atoms with van der Waals surface area (Å²) >= 11 is 11.4. The van der Waals surface area contributed by atoms with Crippen LogP contribution in [0.1, 0.15) is 20.8 Å². The van der Waals surface area contributed by atoms with Gasteiger partial charge in [0.15, 0.2) is 0 Å². The highest BCUT2D eigenvalue weighted by molar-refractivity contribution is 6.18. The van der Waals surface area contributed by atoms with Gasteiger partial charge >= 0.3 is 0 Å². The van der Waals surface area contributed by atoms with Crippen molar-refractivity contribution in [2.75, 3.05) is 38.0 Å². The molecule has 0 aliphatic heterocycles. The van der Waals surface area contributed by atoms with Crippen molar-refractivity contribution in [3.05, 3.63) is 0 Å². The van der Waals surface area contributed by atoms with Crippen molar-refractivity contribution >= 4 is 23.2 Å². The molecule has 0 radical (unpaired) electrons. The Kier molecular flexibility index (Phi) is 9.16. The summed E-state index contributed by atoms with van der Waals surface area (Å²) in [6, 6.07) is 0. The van der Waals surface area contributed by atoms with Gasteiger partial charge in [0, 0.05) is 31.5 Å². The van der Waals surface area contributed by atoms with E-state index in [-0.39, 0.29) is 5.60 Å². The van der Waals surface area contributed by atoms with Gasteiger partial charge in [0.1, 0.15) is 5.60 Å². The van der Waals surface area contributed by atoms with E-state index < -0.39 is 0 Å². The fraction of sp³-hybridized carbons (Fsp3) is 0.833. The molecule has 0 aromatic heterocycles. The van der Waals surface area contributed by atoms with Gasteiger partial charge < -0.3 is 4.74 Å². The van der Waals surface area contributed by atoms with Crippen LogP contribution in [-0.2, 0) is 4.74 Å². The number of alkyl halides is 2. The molecule has 0 bridgehead atoms. The highest BCUT2D eigenvalue weighted by Crippen LogP contribution is 2.06. The van der Waals surface area contributed by atoms with Crippen molar-refractivity contribution in [1.29, 1.82) is 0 Å². The van der Waals surface area contributed by atoms with Crippen LogP contribution in [-0.4, -0.2) is 48.5 Å². The third-order valence-corrected chi connectivity index (χ3v) is 2.34. The van der Waals surface area contributed by atoms with Crippen molar-refractivity contribution < 1.29 is 4.74 Å². The summed E-state index contributed by atoms with van der Waals surface area (Å²) in [6.07, 6.45) is 0. The maximum atomic E-state index is 5.69. The molecule has 0 spiro atoms. The Hall–Kier alpha value is 0.0600. The molecule has 0 saturated carbocycles. The van der Waals surface area contributed by atoms with Crippen LogP contribution in [0.3, 0.4) is 0 Å². The quantitative estimate of drug-likeness (QED) is 0.518. The number of ether oxygens (including phenoxy) is 1. The first-order chi connectivity index (χ1) is 7.55. The maximum absolute atomic E-state index is 5.69. The van der Waals surface area contributed by atoms with Gasteiger partial charge in [-0.3, -0.25) is 4.90 Å². The molecule has 0 aliphatic rings. The van der Waals surface area contributed by atoms with Crippen molar-refractivity contribution in [3.8, 4) is 11.8 Å². The van der Waals surface area contributed by atoms with E-state index >= 15 is 0 Å². The summed E-state index contributed by atoms with van der Waals surface area (Å²) in [5, 5.41) is 0. The molecule has 4 heteroatoms. The summed E-state index contributed by atoms with van der Waals surface area (Å²) in [7, 11) is 0. The first-order valence-electron chi connectivity index (χ1n) is 5.54. The third kappa shape index (κ3) is 8.24. The highest BCUT2D eigenvalue weighted by atomic mass is 35.5. The third-order valence-electron chi connectivity index (χ3n) is 2.00. The van der Waals surface area contributed by atoms with Crippen LogP contribution < -0.4 is 0 Å². The molecule has 0 aromatic rings. The summed E-state index contributed by atoms with van der Waals surface area (Å²) in [5.41, 5.74) is -0.373. The molecule has 16 heavy (non-hydrogen) atoms. The number of hydrogen-bond donors (Lipinski definition) is 0. The second-order valence-corrected chi connectivity index (χ2v) is 4.66. The molecule has 0 fully saturated rings. The monoisotopic (exact) mass is 265 g/mol. The number of halogens is 2. The molecule has 0 saturated heterocycles. The van der Waals surface area contributed by atoms with E-state index in [0.717, 1.165) is 13.1 Å².